The minimum absolute atomic E-state index is 0.366. The summed E-state index contributed by atoms with van der Waals surface area (Å²) in [4.78, 5) is 21.7. The van der Waals surface area contributed by atoms with Crippen LogP contribution in [0.5, 0.6) is 5.75 Å². The lowest BCUT2D eigenvalue weighted by Crippen LogP contribution is -2.36. The standard InChI is InChI=1S/C19H23N3O4/c1-22(16-5-9-25-10-6-16)12-15-11-14(19-20-7-2-8-21-19)3-4-17(15)26-13-18(23)24/h2-4,7-8,11,16H,5-6,9-10,12-13H2,1H3,(H,23,24). The summed E-state index contributed by atoms with van der Waals surface area (Å²) in [5.74, 6) is 0.211. The summed E-state index contributed by atoms with van der Waals surface area (Å²) >= 11 is 0. The number of carbonyl (C=O) groups is 1. The van der Waals surface area contributed by atoms with E-state index in [4.69, 9.17) is 14.6 Å². The first-order valence-corrected chi connectivity index (χ1v) is 8.66. The van der Waals surface area contributed by atoms with Gasteiger partial charge in [-0.15, -0.1) is 0 Å². The molecule has 7 heteroatoms. The van der Waals surface area contributed by atoms with Crippen LogP contribution in [0.3, 0.4) is 0 Å². The molecule has 1 N–H and O–H groups in total. The molecule has 0 atom stereocenters. The fourth-order valence-electron chi connectivity index (χ4n) is 3.09. The van der Waals surface area contributed by atoms with Gasteiger partial charge in [-0.1, -0.05) is 0 Å². The number of hydrogen-bond donors (Lipinski definition) is 1. The molecule has 0 aliphatic carbocycles. The third-order valence-corrected chi connectivity index (χ3v) is 4.47. The van der Waals surface area contributed by atoms with Crippen LogP contribution in [-0.2, 0) is 16.1 Å². The van der Waals surface area contributed by atoms with E-state index in [1.165, 1.54) is 0 Å². The molecule has 0 unspecified atom stereocenters. The Bertz CT molecular complexity index is 733. The predicted octanol–water partition coefficient (Wildman–Crippen LogP) is 2.22. The van der Waals surface area contributed by atoms with Gasteiger partial charge in [0.05, 0.1) is 0 Å². The molecular weight excluding hydrogens is 334 g/mol. The van der Waals surface area contributed by atoms with Gasteiger partial charge in [-0.2, -0.15) is 0 Å². The second-order valence-corrected chi connectivity index (χ2v) is 6.34. The Balaban J connectivity index is 1.83. The van der Waals surface area contributed by atoms with Crippen LogP contribution < -0.4 is 4.74 Å². The molecule has 1 aromatic carbocycles. The maximum atomic E-state index is 10.9. The Morgan fingerprint density at radius 2 is 2.04 bits per heavy atom. The zero-order valence-corrected chi connectivity index (χ0v) is 14.8. The van der Waals surface area contributed by atoms with Crippen LogP contribution in [0.1, 0.15) is 18.4 Å². The van der Waals surface area contributed by atoms with Gasteiger partial charge in [0, 0.05) is 49.3 Å². The van der Waals surface area contributed by atoms with Gasteiger partial charge in [0.2, 0.25) is 0 Å². The molecule has 1 aliphatic rings. The van der Waals surface area contributed by atoms with Crippen LogP contribution in [0.2, 0.25) is 0 Å². The average Bonchev–Trinajstić information content (AvgIpc) is 2.68. The summed E-state index contributed by atoms with van der Waals surface area (Å²) in [5, 5.41) is 8.91. The van der Waals surface area contributed by atoms with Gasteiger partial charge in [-0.3, -0.25) is 4.90 Å². The van der Waals surface area contributed by atoms with Gasteiger partial charge < -0.3 is 14.6 Å². The van der Waals surface area contributed by atoms with E-state index in [1.807, 2.05) is 12.1 Å². The predicted molar refractivity (Wildman–Crippen MR) is 95.9 cm³/mol. The first-order chi connectivity index (χ1) is 12.6. The van der Waals surface area contributed by atoms with Crippen LogP contribution in [-0.4, -0.2) is 58.9 Å². The largest absolute Gasteiger partial charge is 0.482 e. The Labute approximate surface area is 152 Å². The second-order valence-electron chi connectivity index (χ2n) is 6.34. The maximum absolute atomic E-state index is 10.9. The molecule has 0 amide bonds. The normalized spacial score (nSPS) is 15.2. The molecule has 1 fully saturated rings. The number of benzene rings is 1. The summed E-state index contributed by atoms with van der Waals surface area (Å²) in [6.07, 6.45) is 5.38. The summed E-state index contributed by atoms with van der Waals surface area (Å²) < 4.78 is 10.9. The van der Waals surface area contributed by atoms with Crippen molar-refractivity contribution in [1.82, 2.24) is 14.9 Å². The molecule has 0 saturated carbocycles. The van der Waals surface area contributed by atoms with E-state index in [1.54, 1.807) is 24.5 Å². The van der Waals surface area contributed by atoms with Crippen molar-refractivity contribution >= 4 is 5.97 Å². The van der Waals surface area contributed by atoms with Crippen LogP contribution in [0.25, 0.3) is 11.4 Å². The van der Waals surface area contributed by atoms with E-state index < -0.39 is 5.97 Å². The van der Waals surface area contributed by atoms with E-state index in [0.29, 0.717) is 24.2 Å². The highest BCUT2D eigenvalue weighted by Gasteiger charge is 2.20. The number of hydrogen-bond acceptors (Lipinski definition) is 6. The minimum atomic E-state index is -0.996. The van der Waals surface area contributed by atoms with Gasteiger partial charge in [0.25, 0.3) is 0 Å². The first kappa shape index (κ1) is 18.3. The number of carboxylic acid groups (broad SMARTS) is 1. The van der Waals surface area contributed by atoms with E-state index in [2.05, 4.69) is 21.9 Å². The smallest absolute Gasteiger partial charge is 0.341 e. The quantitative estimate of drug-likeness (QED) is 0.813. The lowest BCUT2D eigenvalue weighted by Gasteiger charge is -2.31. The van der Waals surface area contributed by atoms with E-state index >= 15 is 0 Å². The second kappa shape index (κ2) is 8.73. The molecule has 7 nitrogen and oxygen atoms in total. The van der Waals surface area contributed by atoms with Crippen molar-refractivity contribution in [3.8, 4) is 17.1 Å². The number of aromatic nitrogens is 2. The fourth-order valence-corrected chi connectivity index (χ4v) is 3.09. The fraction of sp³-hybridized carbons (Fsp3) is 0.421. The van der Waals surface area contributed by atoms with Gasteiger partial charge in [-0.25, -0.2) is 14.8 Å². The minimum Gasteiger partial charge on any atom is -0.482 e. The van der Waals surface area contributed by atoms with Gasteiger partial charge >= 0.3 is 5.97 Å². The lowest BCUT2D eigenvalue weighted by molar-refractivity contribution is -0.139. The van der Waals surface area contributed by atoms with Gasteiger partial charge in [0.15, 0.2) is 12.4 Å². The highest BCUT2D eigenvalue weighted by atomic mass is 16.5. The van der Waals surface area contributed by atoms with Crippen molar-refractivity contribution in [1.29, 1.82) is 0 Å². The van der Waals surface area contributed by atoms with Crippen molar-refractivity contribution < 1.29 is 19.4 Å². The molecule has 0 bridgehead atoms. The summed E-state index contributed by atoms with van der Waals surface area (Å²) in [6, 6.07) is 7.83. The zero-order chi connectivity index (χ0) is 18.4. The van der Waals surface area contributed by atoms with Crippen molar-refractivity contribution in [2.75, 3.05) is 26.9 Å². The molecule has 0 spiro atoms. The van der Waals surface area contributed by atoms with Crippen molar-refractivity contribution in [2.45, 2.75) is 25.4 Å². The molecule has 1 aromatic heterocycles. The molecule has 2 heterocycles. The number of ether oxygens (including phenoxy) is 2. The number of carboxylic acids is 1. The molecule has 2 aromatic rings. The SMILES string of the molecule is CN(Cc1cc(-c2ncccn2)ccc1OCC(=O)O)C1CCOCC1. The van der Waals surface area contributed by atoms with E-state index in [0.717, 1.165) is 37.2 Å². The van der Waals surface area contributed by atoms with Crippen LogP contribution in [0.15, 0.2) is 36.7 Å². The van der Waals surface area contributed by atoms with Crippen molar-refractivity contribution in [3.05, 3.63) is 42.2 Å². The van der Waals surface area contributed by atoms with E-state index in [-0.39, 0.29) is 6.61 Å². The maximum Gasteiger partial charge on any atom is 0.341 e. The molecule has 0 radical (unpaired) electrons. The highest BCUT2D eigenvalue weighted by Crippen LogP contribution is 2.27. The van der Waals surface area contributed by atoms with Crippen LogP contribution in [0.4, 0.5) is 0 Å². The summed E-state index contributed by atoms with van der Waals surface area (Å²) in [6.45, 7) is 1.83. The molecule has 1 saturated heterocycles. The molecular formula is C19H23N3O4. The topological polar surface area (TPSA) is 84.8 Å². The molecule has 26 heavy (non-hydrogen) atoms. The Morgan fingerprint density at radius 1 is 1.31 bits per heavy atom. The summed E-state index contributed by atoms with van der Waals surface area (Å²) in [5.41, 5.74) is 1.80. The highest BCUT2D eigenvalue weighted by molar-refractivity contribution is 5.68. The Kier molecular flexibility index (Phi) is 6.14. The van der Waals surface area contributed by atoms with Crippen LogP contribution >= 0.6 is 0 Å². The monoisotopic (exact) mass is 357 g/mol. The van der Waals surface area contributed by atoms with Gasteiger partial charge in [0.1, 0.15) is 5.75 Å². The van der Waals surface area contributed by atoms with E-state index in [9.17, 15) is 4.79 Å². The summed E-state index contributed by atoms with van der Waals surface area (Å²) in [7, 11) is 2.07. The number of aliphatic carboxylic acids is 1. The first-order valence-electron chi connectivity index (χ1n) is 8.66. The molecule has 138 valence electrons. The Hall–Kier alpha value is -2.51. The third kappa shape index (κ3) is 4.77. The number of rotatable bonds is 7. The third-order valence-electron chi connectivity index (χ3n) is 4.47. The van der Waals surface area contributed by atoms with Crippen molar-refractivity contribution in [2.24, 2.45) is 0 Å². The zero-order valence-electron chi connectivity index (χ0n) is 14.8. The lowest BCUT2D eigenvalue weighted by atomic mass is 10.0. The molecule has 1 aliphatic heterocycles. The van der Waals surface area contributed by atoms with Crippen LogP contribution in [0, 0.1) is 0 Å². The number of nitrogens with zero attached hydrogens (tertiary/aromatic N) is 3. The Morgan fingerprint density at radius 3 is 2.73 bits per heavy atom. The van der Waals surface area contributed by atoms with Crippen molar-refractivity contribution in [3.63, 3.8) is 0 Å². The molecule has 3 rings (SSSR count). The van der Waals surface area contributed by atoms with Gasteiger partial charge in [-0.05, 0) is 44.2 Å². The average molecular weight is 357 g/mol.